The molecular weight excluding hydrogens is 236 g/mol. The van der Waals surface area contributed by atoms with Crippen molar-refractivity contribution in [3.63, 3.8) is 0 Å². The van der Waals surface area contributed by atoms with Gasteiger partial charge in [0.25, 0.3) is 0 Å². The van der Waals surface area contributed by atoms with E-state index in [9.17, 15) is 9.59 Å². The summed E-state index contributed by atoms with van der Waals surface area (Å²) in [6, 6.07) is 0. The Morgan fingerprint density at radius 2 is 1.16 bits per heavy atom. The normalized spacial score (nSPS) is 11.5. The molecule has 0 spiro atoms. The van der Waals surface area contributed by atoms with Gasteiger partial charge in [-0.25, -0.2) is 0 Å². The Morgan fingerprint density at radius 1 is 0.737 bits per heavy atom. The minimum Gasteiger partial charge on any atom is -0.294 e. The van der Waals surface area contributed by atoms with E-state index < -0.39 is 0 Å². The summed E-state index contributed by atoms with van der Waals surface area (Å²) < 4.78 is 0. The molecule has 0 aliphatic rings. The summed E-state index contributed by atoms with van der Waals surface area (Å²) in [5, 5.41) is 0. The summed E-state index contributed by atoms with van der Waals surface area (Å²) in [5.41, 5.74) is 0. The van der Waals surface area contributed by atoms with Crippen molar-refractivity contribution in [2.45, 2.75) is 71.6 Å². The van der Waals surface area contributed by atoms with Crippen LogP contribution in [0.2, 0.25) is 0 Å². The van der Waals surface area contributed by atoms with Crippen LogP contribution in [0.5, 0.6) is 0 Å². The van der Waals surface area contributed by atoms with E-state index in [4.69, 9.17) is 0 Å². The second-order valence-electron chi connectivity index (χ2n) is 4.91. The summed E-state index contributed by atoms with van der Waals surface area (Å²) in [7, 11) is 0. The number of rotatable bonds is 12. The third kappa shape index (κ3) is 13.1. The Hall–Kier alpha value is -1.18. The van der Waals surface area contributed by atoms with Gasteiger partial charge in [-0.15, -0.1) is 0 Å². The minimum absolute atomic E-state index is 0.00849. The molecule has 0 heterocycles. The topological polar surface area (TPSA) is 34.1 Å². The average molecular weight is 264 g/mol. The molecule has 0 bridgehead atoms. The number of allylic oxidation sites excluding steroid dienone is 4. The SMILES string of the molecule is CCCCCC=CC(=O)CC(=O)C=CCCCCC. The third-order valence-electron chi connectivity index (χ3n) is 2.90. The van der Waals surface area contributed by atoms with E-state index in [1.165, 1.54) is 25.7 Å². The quantitative estimate of drug-likeness (QED) is 0.288. The average Bonchev–Trinajstić information content (AvgIpc) is 2.38. The largest absolute Gasteiger partial charge is 0.294 e. The van der Waals surface area contributed by atoms with Crippen LogP contribution in [0.3, 0.4) is 0 Å². The number of ketones is 2. The van der Waals surface area contributed by atoms with Gasteiger partial charge in [0.1, 0.15) is 0 Å². The van der Waals surface area contributed by atoms with Gasteiger partial charge < -0.3 is 0 Å². The number of carbonyl (C=O) groups excluding carboxylic acids is 2. The highest BCUT2D eigenvalue weighted by Gasteiger charge is 2.02. The van der Waals surface area contributed by atoms with Crippen molar-refractivity contribution >= 4 is 11.6 Å². The van der Waals surface area contributed by atoms with Crippen molar-refractivity contribution in [1.82, 2.24) is 0 Å². The first-order valence-corrected chi connectivity index (χ1v) is 7.59. The highest BCUT2D eigenvalue weighted by Crippen LogP contribution is 2.02. The monoisotopic (exact) mass is 264 g/mol. The van der Waals surface area contributed by atoms with Crippen LogP contribution in [-0.2, 0) is 9.59 Å². The molecule has 0 saturated heterocycles. The van der Waals surface area contributed by atoms with Crippen LogP contribution in [0.1, 0.15) is 71.6 Å². The maximum absolute atomic E-state index is 11.5. The molecule has 0 aromatic heterocycles. The van der Waals surface area contributed by atoms with Crippen LogP contribution in [0.4, 0.5) is 0 Å². The molecule has 0 aromatic carbocycles. The van der Waals surface area contributed by atoms with Crippen molar-refractivity contribution < 1.29 is 9.59 Å². The zero-order valence-electron chi connectivity index (χ0n) is 12.5. The van der Waals surface area contributed by atoms with E-state index in [2.05, 4.69) is 13.8 Å². The van der Waals surface area contributed by atoms with E-state index >= 15 is 0 Å². The zero-order valence-corrected chi connectivity index (χ0v) is 12.5. The molecule has 0 unspecified atom stereocenters. The van der Waals surface area contributed by atoms with Crippen LogP contribution in [0, 0.1) is 0 Å². The lowest BCUT2D eigenvalue weighted by Crippen LogP contribution is -2.01. The molecule has 0 rings (SSSR count). The van der Waals surface area contributed by atoms with Crippen molar-refractivity contribution in [2.75, 3.05) is 0 Å². The Bertz CT molecular complexity index is 270. The highest BCUT2D eigenvalue weighted by atomic mass is 16.1. The molecule has 0 aromatic rings. The number of hydrogen-bond donors (Lipinski definition) is 0. The second-order valence-corrected chi connectivity index (χ2v) is 4.91. The second kappa shape index (κ2) is 13.3. The summed E-state index contributed by atoms with van der Waals surface area (Å²) in [5.74, 6) is -0.167. The van der Waals surface area contributed by atoms with Crippen LogP contribution >= 0.6 is 0 Å². The van der Waals surface area contributed by atoms with Gasteiger partial charge in [0.05, 0.1) is 6.42 Å². The molecule has 0 N–H and O–H groups in total. The lowest BCUT2D eigenvalue weighted by Gasteiger charge is -1.93. The van der Waals surface area contributed by atoms with Gasteiger partial charge in [0, 0.05) is 0 Å². The lowest BCUT2D eigenvalue weighted by atomic mass is 10.1. The molecule has 0 amide bonds. The Labute approximate surface area is 118 Å². The molecule has 0 aliphatic carbocycles. The van der Waals surface area contributed by atoms with E-state index in [-0.39, 0.29) is 18.0 Å². The molecule has 0 aliphatic heterocycles. The molecule has 108 valence electrons. The fourth-order valence-corrected chi connectivity index (χ4v) is 1.74. The first kappa shape index (κ1) is 17.8. The van der Waals surface area contributed by atoms with Gasteiger partial charge in [-0.05, 0) is 37.8 Å². The van der Waals surface area contributed by atoms with Crippen molar-refractivity contribution in [3.8, 4) is 0 Å². The van der Waals surface area contributed by atoms with E-state index in [1.807, 2.05) is 12.2 Å². The Morgan fingerprint density at radius 3 is 1.53 bits per heavy atom. The summed E-state index contributed by atoms with van der Waals surface area (Å²) in [6.07, 6.45) is 15.7. The predicted molar refractivity (Wildman–Crippen MR) is 81.2 cm³/mol. The minimum atomic E-state index is -0.0836. The van der Waals surface area contributed by atoms with Crippen molar-refractivity contribution in [3.05, 3.63) is 24.3 Å². The first-order valence-electron chi connectivity index (χ1n) is 7.59. The van der Waals surface area contributed by atoms with Crippen LogP contribution in [-0.4, -0.2) is 11.6 Å². The van der Waals surface area contributed by atoms with Gasteiger partial charge in [0.15, 0.2) is 11.6 Å². The molecule has 0 saturated carbocycles. The summed E-state index contributed by atoms with van der Waals surface area (Å²) in [6.45, 7) is 4.31. The number of carbonyl (C=O) groups is 2. The van der Waals surface area contributed by atoms with Crippen LogP contribution in [0.15, 0.2) is 24.3 Å². The number of hydrogen-bond acceptors (Lipinski definition) is 2. The zero-order chi connectivity index (χ0) is 14.3. The summed E-state index contributed by atoms with van der Waals surface area (Å²) >= 11 is 0. The fraction of sp³-hybridized carbons (Fsp3) is 0.647. The molecular formula is C17H28O2. The van der Waals surface area contributed by atoms with Crippen LogP contribution < -0.4 is 0 Å². The molecule has 0 fully saturated rings. The molecule has 0 atom stereocenters. The van der Waals surface area contributed by atoms with Gasteiger partial charge >= 0.3 is 0 Å². The van der Waals surface area contributed by atoms with Gasteiger partial charge in [-0.3, -0.25) is 9.59 Å². The van der Waals surface area contributed by atoms with Crippen molar-refractivity contribution in [1.29, 1.82) is 0 Å². The molecule has 0 radical (unpaired) electrons. The van der Waals surface area contributed by atoms with E-state index in [1.54, 1.807) is 12.2 Å². The maximum atomic E-state index is 11.5. The highest BCUT2D eigenvalue weighted by molar-refractivity contribution is 6.08. The smallest absolute Gasteiger partial charge is 0.163 e. The van der Waals surface area contributed by atoms with Gasteiger partial charge in [-0.2, -0.15) is 0 Å². The molecule has 2 nitrogen and oxygen atoms in total. The Balaban J connectivity index is 3.71. The third-order valence-corrected chi connectivity index (χ3v) is 2.90. The van der Waals surface area contributed by atoms with Crippen LogP contribution in [0.25, 0.3) is 0 Å². The molecule has 19 heavy (non-hydrogen) atoms. The standard InChI is InChI=1S/C17H28O2/c1-3-5-7-9-11-13-16(18)15-17(19)14-12-10-8-6-4-2/h11-14H,3-10,15H2,1-2H3. The fourth-order valence-electron chi connectivity index (χ4n) is 1.74. The molecule has 2 heteroatoms. The Kier molecular flexibility index (Phi) is 12.4. The summed E-state index contributed by atoms with van der Waals surface area (Å²) in [4.78, 5) is 23.0. The lowest BCUT2D eigenvalue weighted by molar-refractivity contribution is -0.121. The van der Waals surface area contributed by atoms with E-state index in [0.717, 1.165) is 25.7 Å². The van der Waals surface area contributed by atoms with Gasteiger partial charge in [-0.1, -0.05) is 51.7 Å². The number of unbranched alkanes of at least 4 members (excludes halogenated alkanes) is 6. The maximum Gasteiger partial charge on any atom is 0.163 e. The van der Waals surface area contributed by atoms with E-state index in [0.29, 0.717) is 0 Å². The first-order chi connectivity index (χ1) is 9.20. The van der Waals surface area contributed by atoms with Gasteiger partial charge in [0.2, 0.25) is 0 Å². The van der Waals surface area contributed by atoms with Crippen molar-refractivity contribution in [2.24, 2.45) is 0 Å². The predicted octanol–water partition coefficient (Wildman–Crippen LogP) is 4.79.